The van der Waals surface area contributed by atoms with Crippen molar-refractivity contribution in [3.8, 4) is 11.8 Å². The number of hydrogen-bond donors (Lipinski definition) is 2. The SMILES string of the molecule is COc1cccc(C(NC(=O)CNc2ccc(C#N)cc2)c2nccn2C)c1. The Morgan fingerprint density at radius 3 is 2.71 bits per heavy atom. The van der Waals surface area contributed by atoms with Crippen LogP contribution in [-0.4, -0.2) is 29.1 Å². The lowest BCUT2D eigenvalue weighted by molar-refractivity contribution is -0.119. The van der Waals surface area contributed by atoms with Gasteiger partial charge in [-0.15, -0.1) is 0 Å². The van der Waals surface area contributed by atoms with Crippen LogP contribution in [0.4, 0.5) is 5.69 Å². The Morgan fingerprint density at radius 1 is 1.29 bits per heavy atom. The molecule has 0 aliphatic carbocycles. The molecular formula is C21H21N5O2. The summed E-state index contributed by atoms with van der Waals surface area (Å²) in [5.74, 6) is 1.25. The zero-order valence-electron chi connectivity index (χ0n) is 15.7. The van der Waals surface area contributed by atoms with E-state index in [4.69, 9.17) is 10.00 Å². The first-order valence-electron chi connectivity index (χ1n) is 8.75. The second kappa shape index (κ2) is 8.73. The molecule has 0 fully saturated rings. The Hall–Kier alpha value is -3.79. The number of ether oxygens (including phenoxy) is 1. The highest BCUT2D eigenvalue weighted by Gasteiger charge is 2.21. The van der Waals surface area contributed by atoms with Crippen molar-refractivity contribution in [1.29, 1.82) is 5.26 Å². The van der Waals surface area contributed by atoms with Crippen LogP contribution in [0.5, 0.6) is 5.75 Å². The number of aromatic nitrogens is 2. The maximum atomic E-state index is 12.6. The molecule has 1 heterocycles. The minimum atomic E-state index is -0.412. The van der Waals surface area contributed by atoms with E-state index >= 15 is 0 Å². The Labute approximate surface area is 163 Å². The molecule has 3 aromatic rings. The lowest BCUT2D eigenvalue weighted by atomic mass is 10.1. The molecule has 0 radical (unpaired) electrons. The number of aryl methyl sites for hydroxylation is 1. The Morgan fingerprint density at radius 2 is 2.07 bits per heavy atom. The van der Waals surface area contributed by atoms with Crippen LogP contribution in [-0.2, 0) is 11.8 Å². The fourth-order valence-corrected chi connectivity index (χ4v) is 2.83. The predicted molar refractivity (Wildman–Crippen MR) is 106 cm³/mol. The largest absolute Gasteiger partial charge is 0.497 e. The first kappa shape index (κ1) is 19.0. The van der Waals surface area contributed by atoms with Gasteiger partial charge in [0.15, 0.2) is 0 Å². The summed E-state index contributed by atoms with van der Waals surface area (Å²) in [6, 6.07) is 16.1. The third kappa shape index (κ3) is 4.48. The molecule has 142 valence electrons. The van der Waals surface area contributed by atoms with Crippen LogP contribution < -0.4 is 15.4 Å². The third-order valence-corrected chi connectivity index (χ3v) is 4.32. The number of nitriles is 1. The van der Waals surface area contributed by atoms with Gasteiger partial charge in [0, 0.05) is 25.1 Å². The van der Waals surface area contributed by atoms with Gasteiger partial charge in [0.25, 0.3) is 0 Å². The number of hydrogen-bond acceptors (Lipinski definition) is 5. The van der Waals surface area contributed by atoms with Gasteiger partial charge in [-0.3, -0.25) is 4.79 Å². The average molecular weight is 375 g/mol. The highest BCUT2D eigenvalue weighted by atomic mass is 16.5. The van der Waals surface area contributed by atoms with Crippen molar-refractivity contribution >= 4 is 11.6 Å². The van der Waals surface area contributed by atoms with Crippen molar-refractivity contribution in [2.24, 2.45) is 7.05 Å². The van der Waals surface area contributed by atoms with Crippen LogP contribution in [0, 0.1) is 11.3 Å². The molecule has 0 aliphatic heterocycles. The summed E-state index contributed by atoms with van der Waals surface area (Å²) in [7, 11) is 3.49. The smallest absolute Gasteiger partial charge is 0.240 e. The number of anilines is 1. The van der Waals surface area contributed by atoms with Gasteiger partial charge in [-0.25, -0.2) is 4.98 Å². The molecule has 2 N–H and O–H groups in total. The first-order chi connectivity index (χ1) is 13.6. The molecular weight excluding hydrogens is 354 g/mol. The Bertz CT molecular complexity index is 989. The topological polar surface area (TPSA) is 92.0 Å². The van der Waals surface area contributed by atoms with E-state index < -0.39 is 6.04 Å². The van der Waals surface area contributed by atoms with Crippen molar-refractivity contribution in [2.75, 3.05) is 19.0 Å². The zero-order chi connectivity index (χ0) is 19.9. The number of nitrogens with zero attached hydrogens (tertiary/aromatic N) is 3. The van der Waals surface area contributed by atoms with Gasteiger partial charge in [0.2, 0.25) is 5.91 Å². The number of nitrogens with one attached hydrogen (secondary N) is 2. The van der Waals surface area contributed by atoms with Crippen molar-refractivity contribution in [2.45, 2.75) is 6.04 Å². The van der Waals surface area contributed by atoms with E-state index in [1.807, 2.05) is 42.1 Å². The summed E-state index contributed by atoms with van der Waals surface area (Å²) in [6.07, 6.45) is 3.54. The molecule has 1 amide bonds. The summed E-state index contributed by atoms with van der Waals surface area (Å²) in [4.78, 5) is 17.0. The summed E-state index contributed by atoms with van der Waals surface area (Å²) < 4.78 is 7.18. The number of carbonyl (C=O) groups excluding carboxylic acids is 1. The minimum Gasteiger partial charge on any atom is -0.497 e. The van der Waals surface area contributed by atoms with E-state index in [0.29, 0.717) is 11.3 Å². The highest BCUT2D eigenvalue weighted by Crippen LogP contribution is 2.24. The van der Waals surface area contributed by atoms with Crippen molar-refractivity contribution in [3.63, 3.8) is 0 Å². The van der Waals surface area contributed by atoms with Gasteiger partial charge in [-0.2, -0.15) is 5.26 Å². The molecule has 0 saturated heterocycles. The van der Waals surface area contributed by atoms with Gasteiger partial charge in [-0.1, -0.05) is 12.1 Å². The van der Waals surface area contributed by atoms with Crippen molar-refractivity contribution in [3.05, 3.63) is 77.9 Å². The number of amides is 1. The minimum absolute atomic E-state index is 0.0940. The maximum absolute atomic E-state index is 12.6. The van der Waals surface area contributed by atoms with E-state index in [9.17, 15) is 4.79 Å². The Kier molecular flexibility index (Phi) is 5.92. The molecule has 0 spiro atoms. The van der Waals surface area contributed by atoms with Crippen LogP contribution in [0.2, 0.25) is 0 Å². The number of carbonyl (C=O) groups is 1. The van der Waals surface area contributed by atoms with Gasteiger partial charge < -0.3 is 19.9 Å². The summed E-state index contributed by atoms with van der Waals surface area (Å²) in [5.41, 5.74) is 2.22. The first-order valence-corrected chi connectivity index (χ1v) is 8.75. The number of benzene rings is 2. The average Bonchev–Trinajstić information content (AvgIpc) is 3.16. The number of rotatable bonds is 7. The van der Waals surface area contributed by atoms with E-state index in [1.165, 1.54) is 0 Å². The van der Waals surface area contributed by atoms with Crippen LogP contribution >= 0.6 is 0 Å². The lowest BCUT2D eigenvalue weighted by Gasteiger charge is -2.20. The molecule has 0 aliphatic rings. The zero-order valence-corrected chi connectivity index (χ0v) is 15.7. The van der Waals surface area contributed by atoms with Gasteiger partial charge in [0.05, 0.1) is 25.3 Å². The lowest BCUT2D eigenvalue weighted by Crippen LogP contribution is -2.35. The predicted octanol–water partition coefficient (Wildman–Crippen LogP) is 2.62. The standard InChI is InChI=1S/C21H21N5O2/c1-26-11-10-23-21(26)20(16-4-3-5-18(12-16)28-2)25-19(27)14-24-17-8-6-15(13-22)7-9-17/h3-12,20,24H,14H2,1-2H3,(H,25,27). The van der Waals surface area contributed by atoms with E-state index in [1.54, 1.807) is 37.6 Å². The molecule has 3 rings (SSSR count). The van der Waals surface area contributed by atoms with Gasteiger partial charge in [-0.05, 0) is 42.0 Å². The highest BCUT2D eigenvalue weighted by molar-refractivity contribution is 5.81. The molecule has 28 heavy (non-hydrogen) atoms. The maximum Gasteiger partial charge on any atom is 0.240 e. The molecule has 1 unspecified atom stereocenters. The monoisotopic (exact) mass is 375 g/mol. The van der Waals surface area contributed by atoms with Crippen molar-refractivity contribution in [1.82, 2.24) is 14.9 Å². The second-order valence-corrected chi connectivity index (χ2v) is 6.22. The summed E-state index contributed by atoms with van der Waals surface area (Å²) in [6.45, 7) is 0.0940. The quantitative estimate of drug-likeness (QED) is 0.662. The van der Waals surface area contributed by atoms with Crippen LogP contribution in [0.1, 0.15) is 23.0 Å². The van der Waals surface area contributed by atoms with Crippen LogP contribution in [0.3, 0.4) is 0 Å². The molecule has 1 aromatic heterocycles. The van der Waals surface area contributed by atoms with Crippen molar-refractivity contribution < 1.29 is 9.53 Å². The molecule has 1 atom stereocenters. The molecule has 7 nitrogen and oxygen atoms in total. The fourth-order valence-electron chi connectivity index (χ4n) is 2.83. The number of methoxy groups -OCH3 is 1. The fraction of sp³-hybridized carbons (Fsp3) is 0.190. The van der Waals surface area contributed by atoms with Gasteiger partial charge in [0.1, 0.15) is 17.6 Å². The number of imidazole rings is 1. The third-order valence-electron chi connectivity index (χ3n) is 4.32. The second-order valence-electron chi connectivity index (χ2n) is 6.22. The Balaban J connectivity index is 1.74. The molecule has 2 aromatic carbocycles. The van der Waals surface area contributed by atoms with Crippen LogP contribution in [0.25, 0.3) is 0 Å². The van der Waals surface area contributed by atoms with E-state index in [-0.39, 0.29) is 12.5 Å². The van der Waals surface area contributed by atoms with Crippen LogP contribution in [0.15, 0.2) is 60.9 Å². The molecule has 0 bridgehead atoms. The summed E-state index contributed by atoms with van der Waals surface area (Å²) in [5, 5.41) is 14.9. The van der Waals surface area contributed by atoms with E-state index in [0.717, 1.165) is 17.1 Å². The molecule has 0 saturated carbocycles. The normalized spacial score (nSPS) is 11.3. The van der Waals surface area contributed by atoms with E-state index in [2.05, 4.69) is 21.7 Å². The van der Waals surface area contributed by atoms with Gasteiger partial charge >= 0.3 is 0 Å². The summed E-state index contributed by atoms with van der Waals surface area (Å²) >= 11 is 0. The molecule has 7 heteroatoms.